The van der Waals surface area contributed by atoms with Gasteiger partial charge in [-0.3, -0.25) is 4.68 Å². The molecule has 0 saturated heterocycles. The number of aromatic amines is 1. The molecule has 8 heteroatoms. The lowest BCUT2D eigenvalue weighted by atomic mass is 9.63. The number of imidazole rings is 1. The monoisotopic (exact) mass is 399 g/mol. The number of nitrogens with one attached hydrogen (secondary N) is 2. The Bertz CT molecular complexity index is 1280. The second-order valence-electron chi connectivity index (χ2n) is 7.76. The van der Waals surface area contributed by atoms with E-state index in [1.807, 2.05) is 31.4 Å². The van der Waals surface area contributed by atoms with Gasteiger partial charge in [0, 0.05) is 36.8 Å². The Morgan fingerprint density at radius 1 is 1.30 bits per heavy atom. The zero-order valence-corrected chi connectivity index (χ0v) is 16.6. The minimum Gasteiger partial charge on any atom is -0.392 e. The minimum absolute atomic E-state index is 0.0771. The van der Waals surface area contributed by atoms with Crippen molar-refractivity contribution >= 4 is 22.7 Å². The minimum atomic E-state index is -0.235. The standard InChI is InChI=1S/C22H21N7O/c1-29-8-5-19(28-29)25-17-4-3-16(10-15(17)13-30)22(6-2-7-22)21-26-18-9-14(11-23)12-24-20(18)27-21/h3-5,8-10,12,30H,2,6-7,13H2,1H3,(H,25,28)(H,24,26,27). The van der Waals surface area contributed by atoms with E-state index in [2.05, 4.69) is 32.5 Å². The lowest BCUT2D eigenvalue weighted by Gasteiger charge is -2.41. The lowest BCUT2D eigenvalue weighted by Crippen LogP contribution is -2.36. The van der Waals surface area contributed by atoms with E-state index in [1.54, 1.807) is 16.9 Å². The number of aliphatic hydroxyl groups excluding tert-OH is 1. The van der Waals surface area contributed by atoms with Crippen LogP contribution in [0.25, 0.3) is 11.2 Å². The molecule has 0 unspecified atom stereocenters. The molecule has 3 N–H and O–H groups in total. The van der Waals surface area contributed by atoms with Crippen LogP contribution in [0.15, 0.2) is 42.7 Å². The van der Waals surface area contributed by atoms with Crippen molar-refractivity contribution in [3.8, 4) is 6.07 Å². The van der Waals surface area contributed by atoms with Crippen LogP contribution in [0.2, 0.25) is 0 Å². The van der Waals surface area contributed by atoms with Crippen LogP contribution in [-0.4, -0.2) is 29.8 Å². The SMILES string of the molecule is Cn1ccc(Nc2ccc(C3(c4nc5ncc(C#N)cc5[nH]4)CCC3)cc2CO)n1. The Morgan fingerprint density at radius 2 is 2.17 bits per heavy atom. The molecule has 1 saturated carbocycles. The summed E-state index contributed by atoms with van der Waals surface area (Å²) >= 11 is 0. The summed E-state index contributed by atoms with van der Waals surface area (Å²) in [5, 5.41) is 26.7. The molecule has 3 heterocycles. The van der Waals surface area contributed by atoms with Gasteiger partial charge in [-0.25, -0.2) is 9.97 Å². The first-order chi connectivity index (χ1) is 14.6. The second kappa shape index (κ2) is 6.97. The summed E-state index contributed by atoms with van der Waals surface area (Å²) in [6, 6.07) is 11.9. The van der Waals surface area contributed by atoms with Gasteiger partial charge < -0.3 is 15.4 Å². The first kappa shape index (κ1) is 18.3. The fourth-order valence-corrected chi connectivity index (χ4v) is 4.14. The summed E-state index contributed by atoms with van der Waals surface area (Å²) in [5.41, 5.74) is 4.42. The first-order valence-electron chi connectivity index (χ1n) is 9.88. The molecule has 0 bridgehead atoms. The fraction of sp³-hybridized carbons (Fsp3) is 0.273. The van der Waals surface area contributed by atoms with Crippen LogP contribution in [0.1, 0.15) is 41.8 Å². The highest BCUT2D eigenvalue weighted by molar-refractivity contribution is 5.73. The molecule has 0 aliphatic heterocycles. The number of hydrogen-bond donors (Lipinski definition) is 3. The molecule has 3 aromatic heterocycles. The number of anilines is 2. The smallest absolute Gasteiger partial charge is 0.177 e. The van der Waals surface area contributed by atoms with Crippen LogP contribution in [-0.2, 0) is 19.1 Å². The molecule has 1 aromatic carbocycles. The van der Waals surface area contributed by atoms with Crippen LogP contribution >= 0.6 is 0 Å². The fourth-order valence-electron chi connectivity index (χ4n) is 4.14. The molecule has 1 fully saturated rings. The number of aromatic nitrogens is 5. The number of pyridine rings is 1. The van der Waals surface area contributed by atoms with E-state index in [0.717, 1.165) is 53.2 Å². The van der Waals surface area contributed by atoms with E-state index in [4.69, 9.17) is 10.2 Å². The van der Waals surface area contributed by atoms with Gasteiger partial charge in [0.05, 0.1) is 23.1 Å². The zero-order chi connectivity index (χ0) is 20.7. The number of benzene rings is 1. The van der Waals surface area contributed by atoms with Crippen molar-refractivity contribution in [1.29, 1.82) is 5.26 Å². The van der Waals surface area contributed by atoms with Crippen LogP contribution in [0.4, 0.5) is 11.5 Å². The van der Waals surface area contributed by atoms with Crippen molar-refractivity contribution in [2.75, 3.05) is 5.32 Å². The molecule has 150 valence electrons. The van der Waals surface area contributed by atoms with E-state index in [0.29, 0.717) is 11.2 Å². The van der Waals surface area contributed by atoms with Crippen molar-refractivity contribution in [2.45, 2.75) is 31.3 Å². The van der Waals surface area contributed by atoms with Gasteiger partial charge in [0.1, 0.15) is 11.9 Å². The molecular weight excluding hydrogens is 378 g/mol. The quantitative estimate of drug-likeness (QED) is 0.474. The van der Waals surface area contributed by atoms with E-state index in [9.17, 15) is 5.11 Å². The van der Waals surface area contributed by atoms with E-state index in [1.165, 1.54) is 0 Å². The average Bonchev–Trinajstić information content (AvgIpc) is 3.33. The van der Waals surface area contributed by atoms with Gasteiger partial charge in [0.25, 0.3) is 0 Å². The van der Waals surface area contributed by atoms with Crippen molar-refractivity contribution in [3.63, 3.8) is 0 Å². The number of hydrogen-bond acceptors (Lipinski definition) is 6. The summed E-state index contributed by atoms with van der Waals surface area (Å²) in [6.45, 7) is -0.0771. The summed E-state index contributed by atoms with van der Waals surface area (Å²) in [6.07, 6.45) is 6.45. The average molecular weight is 399 g/mol. The predicted octanol–water partition coefficient (Wildman–Crippen LogP) is 3.27. The normalized spacial score (nSPS) is 15.0. The van der Waals surface area contributed by atoms with Gasteiger partial charge in [0.2, 0.25) is 0 Å². The molecule has 1 aliphatic carbocycles. The van der Waals surface area contributed by atoms with Crippen molar-refractivity contribution < 1.29 is 5.11 Å². The molecule has 5 rings (SSSR count). The maximum absolute atomic E-state index is 10.00. The van der Waals surface area contributed by atoms with Gasteiger partial charge in [0.15, 0.2) is 11.5 Å². The van der Waals surface area contributed by atoms with Crippen LogP contribution in [0.3, 0.4) is 0 Å². The van der Waals surface area contributed by atoms with Gasteiger partial charge in [-0.05, 0) is 30.5 Å². The molecule has 4 aromatic rings. The summed E-state index contributed by atoms with van der Waals surface area (Å²) in [7, 11) is 1.86. The Balaban J connectivity index is 1.53. The van der Waals surface area contributed by atoms with E-state index >= 15 is 0 Å². The van der Waals surface area contributed by atoms with Gasteiger partial charge in [-0.2, -0.15) is 10.4 Å². The van der Waals surface area contributed by atoms with Crippen molar-refractivity contribution in [3.05, 3.63) is 65.2 Å². The highest BCUT2D eigenvalue weighted by atomic mass is 16.3. The molecule has 0 atom stereocenters. The number of nitriles is 1. The number of H-pyrrole nitrogens is 1. The zero-order valence-electron chi connectivity index (χ0n) is 16.6. The summed E-state index contributed by atoms with van der Waals surface area (Å²) in [4.78, 5) is 12.4. The number of nitrogens with zero attached hydrogens (tertiary/aromatic N) is 5. The lowest BCUT2D eigenvalue weighted by molar-refractivity contribution is 0.276. The highest BCUT2D eigenvalue weighted by Crippen LogP contribution is 2.48. The largest absolute Gasteiger partial charge is 0.392 e. The first-order valence-corrected chi connectivity index (χ1v) is 9.88. The molecule has 0 amide bonds. The Morgan fingerprint density at radius 3 is 2.83 bits per heavy atom. The Kier molecular flexibility index (Phi) is 4.26. The van der Waals surface area contributed by atoms with Crippen molar-refractivity contribution in [1.82, 2.24) is 24.7 Å². The van der Waals surface area contributed by atoms with Gasteiger partial charge in [-0.15, -0.1) is 0 Å². The number of aryl methyl sites for hydroxylation is 1. The summed E-state index contributed by atoms with van der Waals surface area (Å²) in [5.74, 6) is 1.59. The highest BCUT2D eigenvalue weighted by Gasteiger charge is 2.43. The third-order valence-corrected chi connectivity index (χ3v) is 5.93. The number of fused-ring (bicyclic) bond motifs is 1. The molecule has 30 heavy (non-hydrogen) atoms. The topological polar surface area (TPSA) is 115 Å². The maximum Gasteiger partial charge on any atom is 0.177 e. The van der Waals surface area contributed by atoms with E-state index in [-0.39, 0.29) is 12.0 Å². The van der Waals surface area contributed by atoms with Crippen LogP contribution < -0.4 is 5.32 Å². The van der Waals surface area contributed by atoms with Crippen molar-refractivity contribution in [2.24, 2.45) is 7.05 Å². The molecular formula is C22H21N7O. The second-order valence-corrected chi connectivity index (χ2v) is 7.76. The van der Waals surface area contributed by atoms with Gasteiger partial charge in [-0.1, -0.05) is 18.6 Å². The third-order valence-electron chi connectivity index (χ3n) is 5.93. The Hall–Kier alpha value is -3.70. The van der Waals surface area contributed by atoms with Crippen LogP contribution in [0.5, 0.6) is 0 Å². The molecule has 0 radical (unpaired) electrons. The summed E-state index contributed by atoms with van der Waals surface area (Å²) < 4.78 is 1.73. The molecule has 0 spiro atoms. The Labute approximate surface area is 173 Å². The van der Waals surface area contributed by atoms with Crippen LogP contribution in [0, 0.1) is 11.3 Å². The predicted molar refractivity (Wildman–Crippen MR) is 112 cm³/mol. The number of rotatable bonds is 5. The molecule has 8 nitrogen and oxygen atoms in total. The third kappa shape index (κ3) is 2.91. The molecule has 1 aliphatic rings. The van der Waals surface area contributed by atoms with E-state index < -0.39 is 0 Å². The number of aliphatic hydroxyl groups is 1. The maximum atomic E-state index is 10.00. The van der Waals surface area contributed by atoms with Gasteiger partial charge >= 0.3 is 0 Å².